The third-order valence-electron chi connectivity index (χ3n) is 3.50. The van der Waals surface area contributed by atoms with Crippen LogP contribution in [-0.4, -0.2) is 63.0 Å². The van der Waals surface area contributed by atoms with Crippen LogP contribution >= 0.6 is 0 Å². The largest absolute Gasteiger partial charge is 0.341 e. The summed E-state index contributed by atoms with van der Waals surface area (Å²) < 4.78 is 0. The Kier molecular flexibility index (Phi) is 4.70. The zero-order valence-electron chi connectivity index (χ0n) is 12.1. The molecule has 0 atom stereocenters. The minimum absolute atomic E-state index is 0.144. The van der Waals surface area contributed by atoms with Crippen molar-refractivity contribution < 1.29 is 9.59 Å². The zero-order valence-corrected chi connectivity index (χ0v) is 12.1. The van der Waals surface area contributed by atoms with E-state index in [0.29, 0.717) is 38.4 Å². The number of hydrogen-bond acceptors (Lipinski definition) is 4. The van der Waals surface area contributed by atoms with Crippen LogP contribution in [0.1, 0.15) is 43.1 Å². The fourth-order valence-electron chi connectivity index (χ4n) is 2.28. The second kappa shape index (κ2) is 6.49. The van der Waals surface area contributed by atoms with Gasteiger partial charge in [0.25, 0.3) is 5.91 Å². The van der Waals surface area contributed by atoms with Gasteiger partial charge in [-0.1, -0.05) is 13.8 Å². The Hall–Kier alpha value is -1.92. The summed E-state index contributed by atoms with van der Waals surface area (Å²) in [5.74, 6) is 0.917. The van der Waals surface area contributed by atoms with Gasteiger partial charge >= 0.3 is 0 Å². The standard InChI is InChI=1S/C13H21N5O2/c1-3-10-14-12(16-15-10)13(20)18-7-5-6-17(8-9-18)11(19)4-2/h3-9H2,1-2H3,(H,14,15,16). The fourth-order valence-corrected chi connectivity index (χ4v) is 2.28. The Bertz CT molecular complexity index is 485. The highest BCUT2D eigenvalue weighted by atomic mass is 16.2. The molecule has 1 aliphatic heterocycles. The molecule has 0 bridgehead atoms. The van der Waals surface area contributed by atoms with E-state index in [9.17, 15) is 9.59 Å². The van der Waals surface area contributed by atoms with Crippen LogP contribution in [0.5, 0.6) is 0 Å². The van der Waals surface area contributed by atoms with Crippen molar-refractivity contribution >= 4 is 11.8 Å². The molecule has 1 aromatic heterocycles. The third kappa shape index (κ3) is 3.15. The molecule has 1 aromatic rings. The van der Waals surface area contributed by atoms with E-state index in [1.54, 1.807) is 4.90 Å². The molecule has 110 valence electrons. The van der Waals surface area contributed by atoms with Gasteiger partial charge in [-0.25, -0.2) is 4.98 Å². The van der Waals surface area contributed by atoms with E-state index in [0.717, 1.165) is 12.8 Å². The number of aromatic amines is 1. The van der Waals surface area contributed by atoms with Crippen molar-refractivity contribution in [3.05, 3.63) is 11.6 Å². The lowest BCUT2D eigenvalue weighted by molar-refractivity contribution is -0.130. The molecule has 0 aliphatic carbocycles. The minimum atomic E-state index is -0.160. The van der Waals surface area contributed by atoms with Gasteiger partial charge in [0.1, 0.15) is 5.82 Å². The lowest BCUT2D eigenvalue weighted by Gasteiger charge is -2.20. The lowest BCUT2D eigenvalue weighted by Crippen LogP contribution is -2.37. The van der Waals surface area contributed by atoms with Gasteiger partial charge in [-0.3, -0.25) is 14.7 Å². The summed E-state index contributed by atoms with van der Waals surface area (Å²) in [6.07, 6.45) is 2.02. The molecular formula is C13H21N5O2. The SMILES string of the molecule is CCC(=O)N1CCCN(C(=O)c2n[nH]c(CC)n2)CC1. The Morgan fingerprint density at radius 3 is 2.50 bits per heavy atom. The average molecular weight is 279 g/mol. The molecule has 0 spiro atoms. The number of aromatic nitrogens is 3. The molecule has 0 unspecified atom stereocenters. The maximum atomic E-state index is 12.3. The summed E-state index contributed by atoms with van der Waals surface area (Å²) in [6.45, 7) is 6.29. The van der Waals surface area contributed by atoms with Crippen LogP contribution in [0.2, 0.25) is 0 Å². The number of hydrogen-bond donors (Lipinski definition) is 1. The molecule has 2 rings (SSSR count). The van der Waals surface area contributed by atoms with Crippen LogP contribution in [0.3, 0.4) is 0 Å². The molecule has 7 nitrogen and oxygen atoms in total. The Morgan fingerprint density at radius 2 is 1.85 bits per heavy atom. The van der Waals surface area contributed by atoms with Crippen molar-refractivity contribution in [1.82, 2.24) is 25.0 Å². The number of H-pyrrole nitrogens is 1. The smallest absolute Gasteiger partial charge is 0.293 e. The summed E-state index contributed by atoms with van der Waals surface area (Å²) >= 11 is 0. The van der Waals surface area contributed by atoms with Gasteiger partial charge in [0.05, 0.1) is 0 Å². The highest BCUT2D eigenvalue weighted by Crippen LogP contribution is 2.08. The van der Waals surface area contributed by atoms with Crippen molar-refractivity contribution in [1.29, 1.82) is 0 Å². The molecule has 1 N–H and O–H groups in total. The zero-order chi connectivity index (χ0) is 14.5. The Balaban J connectivity index is 1.99. The first-order valence-electron chi connectivity index (χ1n) is 7.14. The van der Waals surface area contributed by atoms with E-state index in [1.165, 1.54) is 0 Å². The first kappa shape index (κ1) is 14.5. The Morgan fingerprint density at radius 1 is 1.15 bits per heavy atom. The topological polar surface area (TPSA) is 82.2 Å². The van der Waals surface area contributed by atoms with Crippen molar-refractivity contribution in [3.63, 3.8) is 0 Å². The van der Waals surface area contributed by atoms with Crippen molar-refractivity contribution in [2.24, 2.45) is 0 Å². The number of amides is 2. The molecule has 2 heterocycles. The van der Waals surface area contributed by atoms with Gasteiger partial charge in [-0.15, -0.1) is 5.10 Å². The van der Waals surface area contributed by atoms with E-state index >= 15 is 0 Å². The number of carbonyl (C=O) groups excluding carboxylic acids is 2. The summed E-state index contributed by atoms with van der Waals surface area (Å²) in [4.78, 5) is 31.7. The molecule has 0 aromatic carbocycles. The van der Waals surface area contributed by atoms with E-state index in [4.69, 9.17) is 0 Å². The summed E-state index contributed by atoms with van der Waals surface area (Å²) in [6, 6.07) is 0. The Labute approximate surface area is 118 Å². The molecule has 20 heavy (non-hydrogen) atoms. The minimum Gasteiger partial charge on any atom is -0.341 e. The number of nitrogens with one attached hydrogen (secondary N) is 1. The molecular weight excluding hydrogens is 258 g/mol. The van der Waals surface area contributed by atoms with Crippen LogP contribution in [0.15, 0.2) is 0 Å². The first-order chi connectivity index (χ1) is 9.65. The van der Waals surface area contributed by atoms with Crippen LogP contribution < -0.4 is 0 Å². The quantitative estimate of drug-likeness (QED) is 0.871. The van der Waals surface area contributed by atoms with E-state index in [1.807, 2.05) is 18.7 Å². The monoisotopic (exact) mass is 279 g/mol. The van der Waals surface area contributed by atoms with Crippen molar-refractivity contribution in [2.75, 3.05) is 26.2 Å². The van der Waals surface area contributed by atoms with Crippen LogP contribution in [0, 0.1) is 0 Å². The molecule has 1 fully saturated rings. The van der Waals surface area contributed by atoms with Crippen LogP contribution in [0.4, 0.5) is 0 Å². The maximum absolute atomic E-state index is 12.3. The predicted octanol–water partition coefficient (Wildman–Crippen LogP) is 0.452. The normalized spacial score (nSPS) is 16.1. The number of aryl methyl sites for hydroxylation is 1. The first-order valence-corrected chi connectivity index (χ1v) is 7.14. The summed E-state index contributed by atoms with van der Waals surface area (Å²) in [5, 5.41) is 6.71. The van der Waals surface area contributed by atoms with Crippen LogP contribution in [0.25, 0.3) is 0 Å². The highest BCUT2D eigenvalue weighted by Gasteiger charge is 2.24. The number of rotatable bonds is 3. The molecule has 1 saturated heterocycles. The van der Waals surface area contributed by atoms with Gasteiger partial charge in [0, 0.05) is 39.0 Å². The third-order valence-corrected chi connectivity index (χ3v) is 3.50. The molecule has 7 heteroatoms. The summed E-state index contributed by atoms with van der Waals surface area (Å²) in [7, 11) is 0. The molecule has 1 aliphatic rings. The summed E-state index contributed by atoms with van der Waals surface area (Å²) in [5.41, 5.74) is 0. The van der Waals surface area contributed by atoms with Gasteiger partial charge in [-0.2, -0.15) is 0 Å². The van der Waals surface area contributed by atoms with Gasteiger partial charge in [0.2, 0.25) is 11.7 Å². The lowest BCUT2D eigenvalue weighted by atomic mass is 10.3. The molecule has 2 amide bonds. The average Bonchev–Trinajstić information content (AvgIpc) is 2.82. The van der Waals surface area contributed by atoms with E-state index in [-0.39, 0.29) is 17.6 Å². The maximum Gasteiger partial charge on any atom is 0.293 e. The van der Waals surface area contributed by atoms with Crippen molar-refractivity contribution in [2.45, 2.75) is 33.1 Å². The predicted molar refractivity (Wildman–Crippen MR) is 73.2 cm³/mol. The van der Waals surface area contributed by atoms with Gasteiger partial charge < -0.3 is 9.80 Å². The van der Waals surface area contributed by atoms with Crippen molar-refractivity contribution in [3.8, 4) is 0 Å². The van der Waals surface area contributed by atoms with Gasteiger partial charge in [-0.05, 0) is 6.42 Å². The van der Waals surface area contributed by atoms with Gasteiger partial charge in [0.15, 0.2) is 0 Å². The highest BCUT2D eigenvalue weighted by molar-refractivity contribution is 5.90. The second-order valence-corrected chi connectivity index (χ2v) is 4.84. The fraction of sp³-hybridized carbons (Fsp3) is 0.692. The molecule has 0 radical (unpaired) electrons. The second-order valence-electron chi connectivity index (χ2n) is 4.84. The van der Waals surface area contributed by atoms with E-state index < -0.39 is 0 Å². The van der Waals surface area contributed by atoms with Crippen LogP contribution in [-0.2, 0) is 11.2 Å². The number of nitrogens with zero attached hydrogens (tertiary/aromatic N) is 4. The molecule has 0 saturated carbocycles. The number of carbonyl (C=O) groups is 2. The van der Waals surface area contributed by atoms with E-state index in [2.05, 4.69) is 15.2 Å².